The highest BCUT2D eigenvalue weighted by atomic mass is 32.2. The molecule has 2 saturated heterocycles. The number of carboxylic acid groups (broad SMARTS) is 1. The van der Waals surface area contributed by atoms with E-state index in [1.807, 2.05) is 133 Å². The van der Waals surface area contributed by atoms with Gasteiger partial charge in [0, 0.05) is 37.8 Å². The van der Waals surface area contributed by atoms with Gasteiger partial charge in [0.05, 0.1) is 55.1 Å². The first-order valence-electron chi connectivity index (χ1n) is 34.5. The van der Waals surface area contributed by atoms with Crippen molar-refractivity contribution >= 4 is 98.7 Å². The quantitative estimate of drug-likeness (QED) is 0.0470. The lowest BCUT2D eigenvalue weighted by Gasteiger charge is -2.30. The number of ether oxygens (including phenoxy) is 2. The second-order valence-electron chi connectivity index (χ2n) is 28.1. The van der Waals surface area contributed by atoms with E-state index in [9.17, 15) is 50.7 Å². The molecule has 101 heavy (non-hydrogen) atoms. The average molecular weight is 1460 g/mol. The van der Waals surface area contributed by atoms with E-state index in [4.69, 9.17) is 14.6 Å². The molecule has 14 rings (SSSR count). The van der Waals surface area contributed by atoms with Gasteiger partial charge in [0.25, 0.3) is 16.3 Å². The molecule has 0 bridgehead atoms. The van der Waals surface area contributed by atoms with Crippen molar-refractivity contribution in [2.24, 2.45) is 17.0 Å². The number of carboxylic acids is 1. The van der Waals surface area contributed by atoms with E-state index in [0.29, 0.717) is 55.6 Å². The van der Waals surface area contributed by atoms with E-state index >= 15 is 0 Å². The van der Waals surface area contributed by atoms with Gasteiger partial charge in [-0.2, -0.15) is 0 Å². The van der Waals surface area contributed by atoms with E-state index in [-0.39, 0.29) is 70.9 Å². The molecule has 27 heteroatoms. The van der Waals surface area contributed by atoms with E-state index in [1.54, 1.807) is 23.6 Å². The number of primary sulfonamides is 1. The molecule has 0 unspecified atom stereocenters. The van der Waals surface area contributed by atoms with Crippen LogP contribution in [0.15, 0.2) is 133 Å². The monoisotopic (exact) mass is 1460 g/mol. The molecule has 4 aliphatic carbocycles. The molecular weight excluding hydrogens is 1370 g/mol. The van der Waals surface area contributed by atoms with Crippen LogP contribution >= 0.6 is 22.7 Å². The zero-order chi connectivity index (χ0) is 69.7. The van der Waals surface area contributed by atoms with Gasteiger partial charge in [-0.3, -0.25) is 28.7 Å². The molecule has 2 aromatic heterocycles. The van der Waals surface area contributed by atoms with Crippen LogP contribution in [0, 0.1) is 11.8 Å². The van der Waals surface area contributed by atoms with Crippen molar-refractivity contribution in [1.29, 1.82) is 0 Å². The summed E-state index contributed by atoms with van der Waals surface area (Å²) in [5.41, 5.74) is 1.01. The smallest absolute Gasteiger partial charge is 0.330 e. The molecule has 8 N–H and O–H groups in total. The predicted molar refractivity (Wildman–Crippen MR) is 391 cm³/mol. The maximum Gasteiger partial charge on any atom is 0.330 e. The van der Waals surface area contributed by atoms with Crippen molar-refractivity contribution in [3.8, 4) is 10.4 Å². The van der Waals surface area contributed by atoms with Crippen LogP contribution in [0.5, 0.6) is 10.4 Å². The van der Waals surface area contributed by atoms with Gasteiger partial charge in [0.2, 0.25) is 43.7 Å². The molecule has 0 spiro atoms. The van der Waals surface area contributed by atoms with Crippen LogP contribution in [0.25, 0.3) is 20.4 Å². The first kappa shape index (κ1) is 76.0. The number of nitrogens with two attached hydrogens (primary N) is 1. The molecule has 8 aliphatic rings. The lowest BCUT2D eigenvalue weighted by molar-refractivity contribution is -0.145. The third kappa shape index (κ3) is 17.9. The number of carbonyl (C=O) groups is 6. The number of allylic oxidation sites excluding steroid dienone is 2. The lowest BCUT2D eigenvalue weighted by atomic mass is 10.0. The van der Waals surface area contributed by atoms with Crippen LogP contribution in [0.4, 0.5) is 0 Å². The zero-order valence-electron chi connectivity index (χ0n) is 55.7. The lowest BCUT2D eigenvalue weighted by Crippen LogP contribution is -2.58. The van der Waals surface area contributed by atoms with E-state index in [1.165, 1.54) is 22.7 Å². The Balaban J connectivity index is 0.000000194. The fourth-order valence-corrected chi connectivity index (χ4v) is 17.2. The van der Waals surface area contributed by atoms with Gasteiger partial charge in [0.1, 0.15) is 35.4 Å². The Morgan fingerprint density at radius 2 is 1.01 bits per heavy atom. The molecule has 4 aromatic carbocycles. The molecule has 0 radical (unpaired) electrons. The summed E-state index contributed by atoms with van der Waals surface area (Å²) in [6.07, 6.45) is 18.7. The number of nitrogens with one attached hydrogen (secondary N) is 5. The summed E-state index contributed by atoms with van der Waals surface area (Å²) in [4.78, 5) is 95.1. The second-order valence-corrected chi connectivity index (χ2v) is 34.3. The summed E-state index contributed by atoms with van der Waals surface area (Å²) < 4.78 is 62.4. The molecular formula is C74H96N10O13S4. The number of para-hydroxylation sites is 2. The normalized spacial score (nSPS) is 28.2. The van der Waals surface area contributed by atoms with Crippen LogP contribution in [-0.4, -0.2) is 147 Å². The van der Waals surface area contributed by atoms with Crippen molar-refractivity contribution in [1.82, 2.24) is 45.8 Å². The summed E-state index contributed by atoms with van der Waals surface area (Å²) in [6.45, 7) is 4.71. The van der Waals surface area contributed by atoms with Crippen LogP contribution in [-0.2, 0) is 61.9 Å². The molecule has 4 aliphatic heterocycles. The highest BCUT2D eigenvalue weighted by molar-refractivity contribution is 7.91. The summed E-state index contributed by atoms with van der Waals surface area (Å²) in [5, 5.41) is 28.6. The number of hydrogen-bond acceptors (Lipinski definition) is 18. The maximum absolute atomic E-state index is 14.4. The highest BCUT2D eigenvalue weighted by Crippen LogP contribution is 2.49. The number of rotatable bonds is 15. The standard InChI is InChI=1S/C36H43N5O6S2.C32H36N4O5S.C4H9NO2S.2CH4/c1-35(18-19-35)49(45,46)40-33(44)36-21-25(36)14-8-3-2-4-9-16-28(37-22-24-12-6-5-7-13-24)32(43)41-23-26(20-29(41)31(42)39-36)47-34-38-27-15-10-11-17-30(27)48-34;37-28-26-17-23(41-31-34-24-14-9-10-16-27(24)42-31)20-36(26)29(38)25(33-19-21-11-5-4-6-12-21)15-8-3-1-2-7-13-22-18-32(22,35-28)30(39)40;1-4(2-3-4)8(5,6)7;;/h5-8,10-15,17,25-26,28-29,37H,2-4,9,16,18-23H2,1H3,(H,39,42)(H,40,44);4-7,9-14,16,22-23,25-26,33H,1-3,8,15,17-20H2,(H,35,37)(H,39,40);2-3H2,1H3,(H2,5,6,7);2*1H4/b14-8-;13-7-;;;/t25-,26-,28+,29+,36-;22-,23-,25+,26+,32-;;;/m11.../s1. The number of amides is 5. The van der Waals surface area contributed by atoms with Crippen LogP contribution in [0.2, 0.25) is 0 Å². The Bertz CT molecular complexity index is 4180. The minimum absolute atomic E-state index is 0. The molecule has 6 heterocycles. The minimum Gasteiger partial charge on any atom is -0.479 e. The number of fused-ring (bicyclic) bond motifs is 6. The summed E-state index contributed by atoms with van der Waals surface area (Å²) in [6, 6.07) is 32.5. The first-order valence-corrected chi connectivity index (χ1v) is 39.1. The zero-order valence-corrected chi connectivity index (χ0v) is 59.0. The summed E-state index contributed by atoms with van der Waals surface area (Å²) in [5.74, 6) is -3.70. The Labute approximate surface area is 600 Å². The van der Waals surface area contributed by atoms with Gasteiger partial charge in [-0.25, -0.2) is 36.7 Å². The Morgan fingerprint density at radius 1 is 0.594 bits per heavy atom. The Kier molecular flexibility index (Phi) is 24.0. The number of hydrogen-bond donors (Lipinski definition) is 7. The molecule has 6 fully saturated rings. The van der Waals surface area contributed by atoms with Gasteiger partial charge in [0.15, 0.2) is 0 Å². The number of aromatic nitrogens is 2. The van der Waals surface area contributed by atoms with Crippen molar-refractivity contribution < 1.29 is 60.2 Å². The minimum atomic E-state index is -3.92. The number of sulfonamides is 2. The fraction of sp³-hybridized carbons (Fsp3) is 0.514. The first-order chi connectivity index (χ1) is 47.4. The number of aliphatic carboxylic acids is 1. The molecule has 23 nitrogen and oxygen atoms in total. The molecule has 10 atom stereocenters. The second kappa shape index (κ2) is 31.9. The van der Waals surface area contributed by atoms with Gasteiger partial charge < -0.3 is 45.6 Å². The third-order valence-corrected chi connectivity index (χ3v) is 26.4. The van der Waals surface area contributed by atoms with Crippen molar-refractivity contribution in [2.45, 2.75) is 214 Å². The largest absolute Gasteiger partial charge is 0.479 e. The number of benzene rings is 4. The van der Waals surface area contributed by atoms with E-state index in [2.05, 4.69) is 36.0 Å². The van der Waals surface area contributed by atoms with Gasteiger partial charge in [-0.1, -0.05) is 172 Å². The fourth-order valence-electron chi connectivity index (χ4n) is 13.4. The number of thiazole rings is 2. The van der Waals surface area contributed by atoms with Gasteiger partial charge in [-0.05, 0) is 126 Å². The van der Waals surface area contributed by atoms with Crippen LogP contribution < -0.4 is 40.6 Å². The van der Waals surface area contributed by atoms with Gasteiger partial charge >= 0.3 is 5.97 Å². The SMILES string of the molecule is C.C.CC1(S(=O)(=O)NC(=O)[C@@]23C[C@H]2/C=C\CCCCC[C@H](NCc2ccccc2)C(=O)N2C[C@H](Oc4nc5ccccc5s4)C[C@H]2C(=O)N3)CC1.CC1(S(N)(=O)=O)CC1.O=C1N[C@]2(C(=O)O)C[C@H]2/C=C\CCCCC[C@H](NCc2ccccc2)C(=O)N2C[C@H](Oc3nc4ccccc4s3)C[C@@H]12. The molecule has 544 valence electrons. The summed E-state index contributed by atoms with van der Waals surface area (Å²) >= 11 is 2.84. The van der Waals surface area contributed by atoms with E-state index < -0.39 is 101 Å². The molecule has 6 aromatic rings. The predicted octanol–water partition coefficient (Wildman–Crippen LogP) is 9.58. The highest BCUT2D eigenvalue weighted by Gasteiger charge is 2.64. The van der Waals surface area contributed by atoms with Crippen molar-refractivity contribution in [2.75, 3.05) is 13.1 Å². The molecule has 4 saturated carbocycles. The third-order valence-electron chi connectivity index (χ3n) is 20.6. The van der Waals surface area contributed by atoms with Crippen LogP contribution in [0.1, 0.15) is 155 Å². The summed E-state index contributed by atoms with van der Waals surface area (Å²) in [7, 11) is -7.15. The maximum atomic E-state index is 14.4. The molecule has 5 amide bonds. The van der Waals surface area contributed by atoms with Gasteiger partial charge in [-0.15, -0.1) is 0 Å². The van der Waals surface area contributed by atoms with Crippen LogP contribution in [0.3, 0.4) is 0 Å². The Morgan fingerprint density at radius 3 is 1.43 bits per heavy atom. The topological polar surface area (TPSA) is 328 Å². The van der Waals surface area contributed by atoms with Crippen molar-refractivity contribution in [3.05, 3.63) is 145 Å². The average Bonchev–Trinajstić information content (AvgIpc) is 1.53. The number of nitrogens with zero attached hydrogens (tertiary/aromatic N) is 4. The van der Waals surface area contributed by atoms with E-state index in [0.717, 1.165) is 95.8 Å². The number of carbonyl (C=O) groups excluding carboxylic acids is 5. The van der Waals surface area contributed by atoms with Crippen molar-refractivity contribution in [3.63, 3.8) is 0 Å². The Hall–Kier alpha value is -7.66.